The zero-order valence-corrected chi connectivity index (χ0v) is 8.31. The normalized spacial score (nSPS) is 11.0. The number of para-hydroxylation sites is 1. The van der Waals surface area contributed by atoms with E-state index in [9.17, 15) is 9.59 Å². The first kappa shape index (κ1) is 8.97. The van der Waals surface area contributed by atoms with Gasteiger partial charge in [-0.3, -0.25) is 9.59 Å². The number of nitrogens with zero attached hydrogens (tertiary/aromatic N) is 1. The van der Waals surface area contributed by atoms with Gasteiger partial charge in [0.2, 0.25) is 10.9 Å². The van der Waals surface area contributed by atoms with Crippen LogP contribution in [0.1, 0.15) is 0 Å². The Kier molecular flexibility index (Phi) is 1.74. The minimum Gasteiger partial charge on any atom is -0.286 e. The average Bonchev–Trinajstić information content (AvgIpc) is 2.35. The summed E-state index contributed by atoms with van der Waals surface area (Å²) in [4.78, 5) is 26.4. The molecular weight excluding hydrogens is 202 g/mol. The molecule has 76 valence electrons. The third kappa shape index (κ3) is 1.18. The molecule has 0 amide bonds. The lowest BCUT2D eigenvalue weighted by molar-refractivity contribution is 1.33. The first-order valence-electron chi connectivity index (χ1n) is 4.92. The van der Waals surface area contributed by atoms with E-state index in [-0.39, 0.29) is 0 Å². The number of rotatable bonds is 1. The Bertz CT molecular complexity index is 752. The number of pyridine rings is 1. The van der Waals surface area contributed by atoms with Crippen molar-refractivity contribution in [3.63, 3.8) is 0 Å². The molecular formula is C13H7NO2. The highest BCUT2D eigenvalue weighted by molar-refractivity contribution is 5.81. The second kappa shape index (κ2) is 3.10. The molecule has 0 aliphatic heterocycles. The van der Waals surface area contributed by atoms with E-state index in [1.807, 2.05) is 30.3 Å². The Morgan fingerprint density at radius 3 is 2.50 bits per heavy atom. The smallest absolute Gasteiger partial charge is 0.235 e. The van der Waals surface area contributed by atoms with E-state index in [1.54, 1.807) is 6.07 Å². The molecule has 16 heavy (non-hydrogen) atoms. The molecule has 0 atom stereocenters. The summed E-state index contributed by atoms with van der Waals surface area (Å²) in [5.74, 6) is 0. The molecule has 0 fully saturated rings. The van der Waals surface area contributed by atoms with Crippen LogP contribution in [0.25, 0.3) is 22.2 Å². The molecule has 1 aromatic heterocycles. The van der Waals surface area contributed by atoms with Crippen LogP contribution in [-0.4, -0.2) is 4.98 Å². The van der Waals surface area contributed by atoms with Gasteiger partial charge < -0.3 is 0 Å². The molecule has 0 saturated heterocycles. The van der Waals surface area contributed by atoms with Gasteiger partial charge in [-0.15, -0.1) is 0 Å². The summed E-state index contributed by atoms with van der Waals surface area (Å²) in [5.41, 5.74) is 0.930. The van der Waals surface area contributed by atoms with Crippen molar-refractivity contribution in [2.45, 2.75) is 0 Å². The maximum atomic E-state index is 11.2. The summed E-state index contributed by atoms with van der Waals surface area (Å²) in [5, 5.41) is 1.02. The first-order chi connectivity index (χ1) is 7.75. The van der Waals surface area contributed by atoms with Crippen LogP contribution in [0, 0.1) is 0 Å². The van der Waals surface area contributed by atoms with Gasteiger partial charge in [-0.1, -0.05) is 24.3 Å². The van der Waals surface area contributed by atoms with Crippen LogP contribution >= 0.6 is 0 Å². The summed E-state index contributed by atoms with van der Waals surface area (Å²) >= 11 is 0. The van der Waals surface area contributed by atoms with Crippen molar-refractivity contribution in [2.24, 2.45) is 0 Å². The molecule has 0 saturated carbocycles. The number of aromatic nitrogens is 1. The van der Waals surface area contributed by atoms with E-state index in [4.69, 9.17) is 0 Å². The summed E-state index contributed by atoms with van der Waals surface area (Å²) in [6, 6.07) is 12.6. The lowest BCUT2D eigenvalue weighted by Gasteiger charge is -2.02. The van der Waals surface area contributed by atoms with Crippen molar-refractivity contribution >= 4 is 10.9 Å². The number of hydrogen-bond acceptors (Lipinski definition) is 3. The van der Waals surface area contributed by atoms with Crippen LogP contribution in [0.3, 0.4) is 0 Å². The zero-order chi connectivity index (χ0) is 11.1. The maximum Gasteiger partial charge on any atom is 0.235 e. The van der Waals surface area contributed by atoms with Gasteiger partial charge in [-0.05, 0) is 12.1 Å². The van der Waals surface area contributed by atoms with Gasteiger partial charge in [0.15, 0.2) is 0 Å². The predicted molar refractivity (Wildman–Crippen MR) is 62.1 cm³/mol. The van der Waals surface area contributed by atoms with Crippen molar-refractivity contribution < 1.29 is 0 Å². The number of fused-ring (bicyclic) bond motifs is 1. The van der Waals surface area contributed by atoms with Gasteiger partial charge in [-0.2, -0.15) is 0 Å². The molecule has 0 aliphatic rings. The molecule has 0 spiro atoms. The number of benzene rings is 1. The van der Waals surface area contributed by atoms with Crippen LogP contribution in [-0.2, 0) is 0 Å². The molecule has 0 aliphatic carbocycles. The van der Waals surface area contributed by atoms with E-state index < -0.39 is 10.9 Å². The van der Waals surface area contributed by atoms with Gasteiger partial charge in [-0.25, -0.2) is 4.98 Å². The molecule has 3 heteroatoms. The van der Waals surface area contributed by atoms with E-state index in [2.05, 4.69) is 4.98 Å². The average molecular weight is 209 g/mol. The largest absolute Gasteiger partial charge is 0.286 e. The minimum absolute atomic E-state index is 0.413. The predicted octanol–water partition coefficient (Wildman–Crippen LogP) is 1.50. The van der Waals surface area contributed by atoms with Gasteiger partial charge in [0.05, 0.1) is 16.8 Å². The highest BCUT2D eigenvalue weighted by atomic mass is 16.2. The molecule has 3 rings (SSSR count). The van der Waals surface area contributed by atoms with Crippen molar-refractivity contribution in [3.05, 3.63) is 62.9 Å². The van der Waals surface area contributed by atoms with Crippen LogP contribution in [0.2, 0.25) is 0 Å². The Morgan fingerprint density at radius 2 is 1.75 bits per heavy atom. The Labute approximate surface area is 90.7 Å². The van der Waals surface area contributed by atoms with E-state index in [0.29, 0.717) is 11.3 Å². The fraction of sp³-hybridized carbons (Fsp3) is 0. The Hall–Kier alpha value is -2.29. The standard InChI is InChI=1S/C13H7NO2/c15-12-7-9(13(12)16)11-6-5-8-3-1-2-4-10(8)14-11/h1-7H. The van der Waals surface area contributed by atoms with Crippen LogP contribution in [0.15, 0.2) is 52.1 Å². The fourth-order valence-corrected chi connectivity index (χ4v) is 1.72. The zero-order valence-electron chi connectivity index (χ0n) is 8.31. The molecule has 0 unspecified atom stereocenters. The van der Waals surface area contributed by atoms with E-state index in [1.165, 1.54) is 6.07 Å². The van der Waals surface area contributed by atoms with Gasteiger partial charge in [0.1, 0.15) is 0 Å². The first-order valence-corrected chi connectivity index (χ1v) is 4.92. The van der Waals surface area contributed by atoms with E-state index >= 15 is 0 Å². The van der Waals surface area contributed by atoms with Crippen LogP contribution < -0.4 is 10.9 Å². The second-order valence-corrected chi connectivity index (χ2v) is 3.64. The Morgan fingerprint density at radius 1 is 0.938 bits per heavy atom. The van der Waals surface area contributed by atoms with Crippen LogP contribution in [0.4, 0.5) is 0 Å². The lowest BCUT2D eigenvalue weighted by Crippen LogP contribution is -2.31. The molecule has 3 aromatic rings. The summed E-state index contributed by atoms with van der Waals surface area (Å²) < 4.78 is 0. The molecule has 0 N–H and O–H groups in total. The van der Waals surface area contributed by atoms with Gasteiger partial charge >= 0.3 is 0 Å². The van der Waals surface area contributed by atoms with Crippen molar-refractivity contribution in [2.75, 3.05) is 0 Å². The van der Waals surface area contributed by atoms with Crippen LogP contribution in [0.5, 0.6) is 0 Å². The highest BCUT2D eigenvalue weighted by Crippen LogP contribution is 2.17. The second-order valence-electron chi connectivity index (χ2n) is 3.64. The molecule has 2 aromatic carbocycles. The molecule has 0 bridgehead atoms. The lowest BCUT2D eigenvalue weighted by atomic mass is 10.1. The van der Waals surface area contributed by atoms with Crippen molar-refractivity contribution in [1.29, 1.82) is 0 Å². The summed E-state index contributed by atoms with van der Waals surface area (Å²) in [6.45, 7) is 0. The quantitative estimate of drug-likeness (QED) is 0.570. The monoisotopic (exact) mass is 209 g/mol. The third-order valence-corrected chi connectivity index (χ3v) is 2.62. The van der Waals surface area contributed by atoms with Gasteiger partial charge in [0.25, 0.3) is 0 Å². The third-order valence-electron chi connectivity index (χ3n) is 2.62. The minimum atomic E-state index is -0.442. The highest BCUT2D eigenvalue weighted by Gasteiger charge is 2.12. The van der Waals surface area contributed by atoms with E-state index in [0.717, 1.165) is 10.9 Å². The Balaban J connectivity index is 2.24. The molecule has 1 heterocycles. The van der Waals surface area contributed by atoms with Gasteiger partial charge in [0, 0.05) is 11.5 Å². The van der Waals surface area contributed by atoms with Crippen molar-refractivity contribution in [1.82, 2.24) is 4.98 Å². The van der Waals surface area contributed by atoms with Crippen molar-refractivity contribution in [3.8, 4) is 11.3 Å². The summed E-state index contributed by atoms with van der Waals surface area (Å²) in [6.07, 6.45) is 0. The topological polar surface area (TPSA) is 47.0 Å². The fourth-order valence-electron chi connectivity index (χ4n) is 1.72. The number of hydrogen-bond donors (Lipinski definition) is 0. The molecule has 3 nitrogen and oxygen atoms in total. The SMILES string of the molecule is O=c1cc(-c2ccc3ccccc3n2)c1=O. The molecule has 0 radical (unpaired) electrons. The maximum absolute atomic E-state index is 11.2. The summed E-state index contributed by atoms with van der Waals surface area (Å²) in [7, 11) is 0.